The minimum atomic E-state index is -0.475. The van der Waals surface area contributed by atoms with Crippen molar-refractivity contribution in [2.45, 2.75) is 19.9 Å². The number of nitrogens with two attached hydrogens (primary N) is 1. The summed E-state index contributed by atoms with van der Waals surface area (Å²) in [5, 5.41) is 0. The van der Waals surface area contributed by atoms with Crippen LogP contribution < -0.4 is 10.5 Å². The number of ether oxygens (including phenoxy) is 1. The molecule has 0 aliphatic rings. The van der Waals surface area contributed by atoms with Crippen LogP contribution in [0.1, 0.15) is 13.8 Å². The van der Waals surface area contributed by atoms with Gasteiger partial charge in [-0.15, -0.1) is 0 Å². The minimum Gasteiger partial charge on any atom is -0.489 e. The number of carbonyl (C=O) groups excluding carboxylic acids is 2. The Labute approximate surface area is 136 Å². The number of rotatable bonds is 9. The summed E-state index contributed by atoms with van der Waals surface area (Å²) in [6.45, 7) is 4.39. The fourth-order valence-electron chi connectivity index (χ4n) is 1.89. The fraction of sp³-hybridized carbons (Fsp3) is 0.500. The van der Waals surface area contributed by atoms with Gasteiger partial charge in [-0.3, -0.25) is 14.5 Å². The van der Waals surface area contributed by atoms with E-state index in [1.54, 1.807) is 24.1 Å². The van der Waals surface area contributed by atoms with Gasteiger partial charge in [0.1, 0.15) is 6.61 Å². The van der Waals surface area contributed by atoms with Crippen LogP contribution >= 0.6 is 0 Å². The third kappa shape index (κ3) is 6.65. The number of hydrogen-bond donors (Lipinski definition) is 1. The molecular formula is C16H24FN3O3. The summed E-state index contributed by atoms with van der Waals surface area (Å²) >= 11 is 0. The number of halogens is 1. The first-order valence-corrected chi connectivity index (χ1v) is 7.45. The van der Waals surface area contributed by atoms with Gasteiger partial charge < -0.3 is 15.4 Å². The number of likely N-dealkylation sites (N-methyl/N-ethyl adjacent to an activating group) is 1. The lowest BCUT2D eigenvalue weighted by Crippen LogP contribution is -2.45. The second-order valence-electron chi connectivity index (χ2n) is 5.56. The summed E-state index contributed by atoms with van der Waals surface area (Å²) in [6, 6.07) is 6.13. The van der Waals surface area contributed by atoms with Crippen molar-refractivity contribution >= 4 is 11.8 Å². The van der Waals surface area contributed by atoms with Crippen molar-refractivity contribution in [3.05, 3.63) is 30.1 Å². The molecule has 0 aromatic heterocycles. The fourth-order valence-corrected chi connectivity index (χ4v) is 1.89. The summed E-state index contributed by atoms with van der Waals surface area (Å²) < 4.78 is 18.7. The summed E-state index contributed by atoms with van der Waals surface area (Å²) in [4.78, 5) is 26.4. The zero-order valence-electron chi connectivity index (χ0n) is 13.8. The topological polar surface area (TPSA) is 75.9 Å². The van der Waals surface area contributed by atoms with E-state index in [2.05, 4.69) is 0 Å². The van der Waals surface area contributed by atoms with Gasteiger partial charge in [0.15, 0.2) is 11.6 Å². The Morgan fingerprint density at radius 2 is 1.91 bits per heavy atom. The third-order valence-corrected chi connectivity index (χ3v) is 3.37. The monoisotopic (exact) mass is 325 g/mol. The highest BCUT2D eigenvalue weighted by Gasteiger charge is 2.18. The summed E-state index contributed by atoms with van der Waals surface area (Å²) in [5.74, 6) is -0.908. The van der Waals surface area contributed by atoms with E-state index in [4.69, 9.17) is 10.5 Å². The van der Waals surface area contributed by atoms with Crippen LogP contribution in [-0.2, 0) is 9.59 Å². The Morgan fingerprint density at radius 3 is 2.48 bits per heavy atom. The molecule has 0 radical (unpaired) electrons. The molecular weight excluding hydrogens is 301 g/mol. The lowest BCUT2D eigenvalue weighted by atomic mass is 10.3. The molecule has 0 bridgehead atoms. The highest BCUT2D eigenvalue weighted by Crippen LogP contribution is 2.15. The maximum absolute atomic E-state index is 13.4. The molecule has 23 heavy (non-hydrogen) atoms. The van der Waals surface area contributed by atoms with Crippen molar-refractivity contribution in [1.29, 1.82) is 0 Å². The second kappa shape index (κ2) is 9.09. The Kier molecular flexibility index (Phi) is 7.47. The van der Waals surface area contributed by atoms with Crippen LogP contribution in [0.2, 0.25) is 0 Å². The Morgan fingerprint density at radius 1 is 1.26 bits per heavy atom. The molecule has 0 unspecified atom stereocenters. The summed E-state index contributed by atoms with van der Waals surface area (Å²) in [5.41, 5.74) is 5.18. The standard InChI is InChI=1S/C16H24FN3O3/c1-12(2)20(10-15(18)21)11-16(22)19(3)8-9-23-14-7-5-4-6-13(14)17/h4-7,12H,8-11H2,1-3H3,(H2,18,21). The first kappa shape index (κ1) is 18.9. The smallest absolute Gasteiger partial charge is 0.236 e. The van der Waals surface area contributed by atoms with E-state index >= 15 is 0 Å². The summed E-state index contributed by atoms with van der Waals surface area (Å²) in [6.07, 6.45) is 0. The number of carbonyl (C=O) groups is 2. The van der Waals surface area contributed by atoms with Gasteiger partial charge in [0.05, 0.1) is 19.6 Å². The van der Waals surface area contributed by atoms with E-state index in [9.17, 15) is 14.0 Å². The van der Waals surface area contributed by atoms with Crippen LogP contribution in [0.25, 0.3) is 0 Å². The molecule has 1 rings (SSSR count). The Balaban J connectivity index is 2.44. The van der Waals surface area contributed by atoms with E-state index in [1.807, 2.05) is 13.8 Å². The van der Waals surface area contributed by atoms with Gasteiger partial charge in [0, 0.05) is 13.1 Å². The predicted molar refractivity (Wildman–Crippen MR) is 85.4 cm³/mol. The van der Waals surface area contributed by atoms with E-state index in [0.717, 1.165) is 0 Å². The Hall–Kier alpha value is -2.15. The van der Waals surface area contributed by atoms with Gasteiger partial charge in [-0.05, 0) is 26.0 Å². The van der Waals surface area contributed by atoms with Crippen LogP contribution in [0.5, 0.6) is 5.75 Å². The zero-order valence-corrected chi connectivity index (χ0v) is 13.8. The van der Waals surface area contributed by atoms with Gasteiger partial charge in [0.2, 0.25) is 11.8 Å². The molecule has 2 N–H and O–H groups in total. The number of primary amides is 1. The first-order valence-electron chi connectivity index (χ1n) is 7.45. The number of benzene rings is 1. The Bertz CT molecular complexity index is 537. The van der Waals surface area contributed by atoms with Crippen LogP contribution in [0.4, 0.5) is 4.39 Å². The van der Waals surface area contributed by atoms with Gasteiger partial charge in [-0.1, -0.05) is 12.1 Å². The number of hydrogen-bond acceptors (Lipinski definition) is 4. The average Bonchev–Trinajstić information content (AvgIpc) is 2.47. The number of amides is 2. The highest BCUT2D eigenvalue weighted by atomic mass is 19.1. The lowest BCUT2D eigenvalue weighted by Gasteiger charge is -2.27. The molecule has 0 aliphatic heterocycles. The van der Waals surface area contributed by atoms with Crippen molar-refractivity contribution in [2.24, 2.45) is 5.73 Å². The largest absolute Gasteiger partial charge is 0.489 e. The first-order chi connectivity index (χ1) is 10.8. The molecule has 2 amide bonds. The van der Waals surface area contributed by atoms with Crippen LogP contribution in [0.15, 0.2) is 24.3 Å². The molecule has 0 saturated heterocycles. The van der Waals surface area contributed by atoms with E-state index in [1.165, 1.54) is 17.0 Å². The highest BCUT2D eigenvalue weighted by molar-refractivity contribution is 5.80. The van der Waals surface area contributed by atoms with Crippen molar-refractivity contribution in [2.75, 3.05) is 33.3 Å². The van der Waals surface area contributed by atoms with Crippen molar-refractivity contribution in [3.63, 3.8) is 0 Å². The lowest BCUT2D eigenvalue weighted by molar-refractivity contribution is -0.132. The van der Waals surface area contributed by atoms with E-state index < -0.39 is 11.7 Å². The van der Waals surface area contributed by atoms with Crippen molar-refractivity contribution in [1.82, 2.24) is 9.80 Å². The van der Waals surface area contributed by atoms with Crippen LogP contribution in [0, 0.1) is 5.82 Å². The van der Waals surface area contributed by atoms with E-state index in [0.29, 0.717) is 6.54 Å². The maximum atomic E-state index is 13.4. The zero-order chi connectivity index (χ0) is 17.4. The van der Waals surface area contributed by atoms with Gasteiger partial charge in [-0.2, -0.15) is 0 Å². The van der Waals surface area contributed by atoms with Crippen molar-refractivity contribution < 1.29 is 18.7 Å². The number of para-hydroxylation sites is 1. The molecule has 1 aromatic carbocycles. The van der Waals surface area contributed by atoms with Crippen LogP contribution in [0.3, 0.4) is 0 Å². The molecule has 0 aliphatic carbocycles. The molecule has 0 spiro atoms. The molecule has 0 atom stereocenters. The summed E-state index contributed by atoms with van der Waals surface area (Å²) in [7, 11) is 1.63. The maximum Gasteiger partial charge on any atom is 0.236 e. The quantitative estimate of drug-likeness (QED) is 0.730. The predicted octanol–water partition coefficient (Wildman–Crippen LogP) is 0.859. The molecule has 128 valence electrons. The SMILES string of the molecule is CC(C)N(CC(N)=O)CC(=O)N(C)CCOc1ccccc1F. The number of nitrogens with zero attached hydrogens (tertiary/aromatic N) is 2. The molecule has 7 heteroatoms. The molecule has 6 nitrogen and oxygen atoms in total. The normalized spacial score (nSPS) is 10.9. The van der Waals surface area contributed by atoms with Gasteiger partial charge >= 0.3 is 0 Å². The molecule has 0 heterocycles. The van der Waals surface area contributed by atoms with Crippen molar-refractivity contribution in [3.8, 4) is 5.75 Å². The average molecular weight is 325 g/mol. The minimum absolute atomic E-state index is 0.0227. The second-order valence-corrected chi connectivity index (χ2v) is 5.56. The van der Waals surface area contributed by atoms with E-state index in [-0.39, 0.29) is 37.4 Å². The third-order valence-electron chi connectivity index (χ3n) is 3.37. The van der Waals surface area contributed by atoms with Gasteiger partial charge in [-0.25, -0.2) is 4.39 Å². The van der Waals surface area contributed by atoms with Gasteiger partial charge in [0.25, 0.3) is 0 Å². The molecule has 1 aromatic rings. The molecule has 0 saturated carbocycles. The van der Waals surface area contributed by atoms with Crippen LogP contribution in [-0.4, -0.2) is 60.9 Å². The molecule has 0 fully saturated rings.